The number of nitrogens with zero attached hydrogens (tertiary/aromatic N) is 1. The number of carbonyl (C=O) groups is 2. The summed E-state index contributed by atoms with van der Waals surface area (Å²) in [5, 5.41) is 7.57. The largest absolute Gasteiger partial charge is 0.490 e. The smallest absolute Gasteiger partial charge is 0.262 e. The molecule has 182 valence electrons. The second-order valence-electron chi connectivity index (χ2n) is 7.18. The number of hydrogen-bond acceptors (Lipinski definition) is 5. The van der Waals surface area contributed by atoms with E-state index >= 15 is 0 Å². The van der Waals surface area contributed by atoms with Gasteiger partial charge in [-0.3, -0.25) is 9.59 Å². The van der Waals surface area contributed by atoms with Crippen molar-refractivity contribution in [3.8, 4) is 11.5 Å². The van der Waals surface area contributed by atoms with Crippen LogP contribution in [0.25, 0.3) is 0 Å². The van der Waals surface area contributed by atoms with E-state index in [1.54, 1.807) is 31.2 Å². The van der Waals surface area contributed by atoms with Crippen LogP contribution in [-0.2, 0) is 16.0 Å². The van der Waals surface area contributed by atoms with Crippen molar-refractivity contribution in [2.75, 3.05) is 18.5 Å². The van der Waals surface area contributed by atoms with E-state index in [9.17, 15) is 9.59 Å². The second kappa shape index (κ2) is 13.0. The van der Waals surface area contributed by atoms with Gasteiger partial charge in [0, 0.05) is 5.69 Å². The summed E-state index contributed by atoms with van der Waals surface area (Å²) < 4.78 is 11.3. The predicted octanol–water partition coefficient (Wildman–Crippen LogP) is 5.76. The van der Waals surface area contributed by atoms with Crippen LogP contribution < -0.4 is 20.2 Å². The average molecular weight is 535 g/mol. The molecule has 0 aliphatic rings. The summed E-state index contributed by atoms with van der Waals surface area (Å²) in [5.41, 5.74) is 4.41. The number of hydrogen-bond donors (Lipinski definition) is 2. The highest BCUT2D eigenvalue weighted by molar-refractivity contribution is 6.42. The molecule has 10 heteroatoms. The number of benzene rings is 3. The number of ether oxygens (including phenoxy) is 2. The number of nitrogens with one attached hydrogen (secondary N) is 2. The molecule has 3 aromatic rings. The molecule has 0 bridgehead atoms. The van der Waals surface area contributed by atoms with Gasteiger partial charge in [-0.2, -0.15) is 5.10 Å². The van der Waals surface area contributed by atoms with E-state index in [2.05, 4.69) is 15.8 Å². The van der Waals surface area contributed by atoms with Gasteiger partial charge in [-0.15, -0.1) is 0 Å². The first kappa shape index (κ1) is 26.3. The molecule has 0 saturated carbocycles. The Labute approximate surface area is 218 Å². The standard InChI is InChI=1S/C25H22Cl3N3O4/c1-2-34-22-11-17(14-29-31-23(32)12-16-6-4-3-5-7-16)10-21(28)25(22)35-15-24(33)30-18-8-9-19(26)20(27)13-18/h3-11,13-14H,2,12,15H2,1H3,(H,30,33)(H,31,32)/b29-14+. The monoisotopic (exact) mass is 533 g/mol. The van der Waals surface area contributed by atoms with Gasteiger partial charge in [0.25, 0.3) is 5.91 Å². The number of amides is 2. The molecule has 2 amide bonds. The Kier molecular flexibility index (Phi) is 9.78. The van der Waals surface area contributed by atoms with Crippen LogP contribution >= 0.6 is 34.8 Å². The van der Waals surface area contributed by atoms with Crippen molar-refractivity contribution >= 4 is 58.5 Å². The summed E-state index contributed by atoms with van der Waals surface area (Å²) in [6.07, 6.45) is 1.65. The fourth-order valence-electron chi connectivity index (χ4n) is 2.97. The van der Waals surface area contributed by atoms with Gasteiger partial charge >= 0.3 is 0 Å². The minimum atomic E-state index is -0.423. The number of hydrazone groups is 1. The van der Waals surface area contributed by atoms with Crippen molar-refractivity contribution in [3.05, 3.63) is 86.9 Å². The SMILES string of the molecule is CCOc1cc(/C=N/NC(=O)Cc2ccccc2)cc(Cl)c1OCC(=O)Nc1ccc(Cl)c(Cl)c1. The van der Waals surface area contributed by atoms with Gasteiger partial charge in [0.2, 0.25) is 5.91 Å². The van der Waals surface area contributed by atoms with Gasteiger partial charge in [-0.05, 0) is 48.4 Å². The maximum Gasteiger partial charge on any atom is 0.262 e. The van der Waals surface area contributed by atoms with E-state index in [1.807, 2.05) is 30.3 Å². The average Bonchev–Trinajstić information content (AvgIpc) is 2.82. The summed E-state index contributed by atoms with van der Waals surface area (Å²) >= 11 is 18.2. The molecule has 0 aliphatic heterocycles. The Balaban J connectivity index is 1.62. The fourth-order valence-corrected chi connectivity index (χ4v) is 3.55. The maximum absolute atomic E-state index is 12.3. The van der Waals surface area contributed by atoms with E-state index in [0.717, 1.165) is 5.56 Å². The zero-order chi connectivity index (χ0) is 25.2. The minimum Gasteiger partial charge on any atom is -0.490 e. The van der Waals surface area contributed by atoms with Crippen LogP contribution in [0.3, 0.4) is 0 Å². The van der Waals surface area contributed by atoms with Crippen LogP contribution in [0.5, 0.6) is 11.5 Å². The second-order valence-corrected chi connectivity index (χ2v) is 8.41. The number of rotatable bonds is 10. The summed E-state index contributed by atoms with van der Waals surface area (Å²) in [7, 11) is 0. The molecular weight excluding hydrogens is 513 g/mol. The molecular formula is C25H22Cl3N3O4. The van der Waals surface area contributed by atoms with Crippen LogP contribution in [0.4, 0.5) is 5.69 Å². The normalized spacial score (nSPS) is 10.7. The topological polar surface area (TPSA) is 89.0 Å². The van der Waals surface area contributed by atoms with E-state index < -0.39 is 5.91 Å². The Morgan fingerprint density at radius 3 is 2.40 bits per heavy atom. The third-order valence-electron chi connectivity index (χ3n) is 4.49. The van der Waals surface area contributed by atoms with Crippen LogP contribution in [-0.4, -0.2) is 31.2 Å². The van der Waals surface area contributed by atoms with E-state index in [0.29, 0.717) is 33.7 Å². The van der Waals surface area contributed by atoms with E-state index in [4.69, 9.17) is 44.3 Å². The fraction of sp³-hybridized carbons (Fsp3) is 0.160. The molecule has 0 aliphatic carbocycles. The summed E-state index contributed by atoms with van der Waals surface area (Å²) in [5.74, 6) is -0.132. The lowest BCUT2D eigenvalue weighted by Gasteiger charge is -2.14. The van der Waals surface area contributed by atoms with Crippen LogP contribution in [0.2, 0.25) is 15.1 Å². The highest BCUT2D eigenvalue weighted by Crippen LogP contribution is 2.36. The molecule has 0 saturated heterocycles. The summed E-state index contributed by atoms with van der Waals surface area (Å²) in [4.78, 5) is 24.4. The molecule has 2 N–H and O–H groups in total. The van der Waals surface area contributed by atoms with Gasteiger partial charge < -0.3 is 14.8 Å². The first-order valence-electron chi connectivity index (χ1n) is 10.6. The molecule has 0 radical (unpaired) electrons. The molecule has 0 unspecified atom stereocenters. The summed E-state index contributed by atoms with van der Waals surface area (Å²) in [6.45, 7) is 1.83. The van der Waals surface area contributed by atoms with Crippen molar-refractivity contribution in [1.29, 1.82) is 0 Å². The molecule has 0 heterocycles. The molecule has 0 fully saturated rings. The minimum absolute atomic E-state index is 0.209. The molecule has 3 aromatic carbocycles. The van der Waals surface area contributed by atoms with Gasteiger partial charge in [0.05, 0.1) is 34.3 Å². The zero-order valence-electron chi connectivity index (χ0n) is 18.7. The Morgan fingerprint density at radius 2 is 1.69 bits per heavy atom. The number of carbonyl (C=O) groups excluding carboxylic acids is 2. The Morgan fingerprint density at radius 1 is 0.914 bits per heavy atom. The van der Waals surface area contributed by atoms with Crippen molar-refractivity contribution in [1.82, 2.24) is 5.43 Å². The van der Waals surface area contributed by atoms with Gasteiger partial charge in [0.15, 0.2) is 18.1 Å². The summed E-state index contributed by atoms with van der Waals surface area (Å²) in [6, 6.07) is 17.3. The van der Waals surface area contributed by atoms with Gasteiger partial charge in [0.1, 0.15) is 0 Å². The highest BCUT2D eigenvalue weighted by atomic mass is 35.5. The Bertz CT molecular complexity index is 1220. The van der Waals surface area contributed by atoms with Crippen molar-refractivity contribution in [2.45, 2.75) is 13.3 Å². The van der Waals surface area contributed by atoms with Crippen LogP contribution in [0.15, 0.2) is 65.8 Å². The van der Waals surface area contributed by atoms with Crippen molar-refractivity contribution in [2.24, 2.45) is 5.10 Å². The van der Waals surface area contributed by atoms with Crippen LogP contribution in [0, 0.1) is 0 Å². The quantitative estimate of drug-likeness (QED) is 0.256. The predicted molar refractivity (Wildman–Crippen MR) is 139 cm³/mol. The highest BCUT2D eigenvalue weighted by Gasteiger charge is 2.15. The number of halogens is 3. The van der Waals surface area contributed by atoms with Crippen LogP contribution in [0.1, 0.15) is 18.1 Å². The lowest BCUT2D eigenvalue weighted by atomic mass is 10.1. The van der Waals surface area contributed by atoms with E-state index in [1.165, 1.54) is 12.3 Å². The third-order valence-corrected chi connectivity index (χ3v) is 5.51. The molecule has 35 heavy (non-hydrogen) atoms. The third kappa shape index (κ3) is 8.17. The van der Waals surface area contributed by atoms with E-state index in [-0.39, 0.29) is 29.7 Å². The molecule has 7 nitrogen and oxygen atoms in total. The molecule has 3 rings (SSSR count). The lowest BCUT2D eigenvalue weighted by molar-refractivity contribution is -0.120. The van der Waals surface area contributed by atoms with Gasteiger partial charge in [-0.25, -0.2) is 5.43 Å². The molecule has 0 aromatic heterocycles. The molecule has 0 atom stereocenters. The first-order valence-corrected chi connectivity index (χ1v) is 11.7. The number of anilines is 1. The Hall–Kier alpha value is -3.26. The van der Waals surface area contributed by atoms with Crippen molar-refractivity contribution in [3.63, 3.8) is 0 Å². The molecule has 0 spiro atoms. The van der Waals surface area contributed by atoms with Gasteiger partial charge in [-0.1, -0.05) is 65.1 Å². The van der Waals surface area contributed by atoms with Crippen molar-refractivity contribution < 1.29 is 19.1 Å². The first-order chi connectivity index (χ1) is 16.9. The zero-order valence-corrected chi connectivity index (χ0v) is 21.0. The maximum atomic E-state index is 12.3. The lowest BCUT2D eigenvalue weighted by Crippen LogP contribution is -2.20.